The molecule has 0 aliphatic heterocycles. The van der Waals surface area contributed by atoms with Crippen LogP contribution in [0.15, 0.2) is 0 Å². The van der Waals surface area contributed by atoms with Crippen molar-refractivity contribution in [2.75, 3.05) is 5.90 Å². The summed E-state index contributed by atoms with van der Waals surface area (Å²) in [7, 11) is 0.264. The van der Waals surface area contributed by atoms with Crippen molar-refractivity contribution in [3.05, 3.63) is 0 Å². The number of hydrogen-bond donors (Lipinski definition) is 0. The Bertz CT molecular complexity index is 203. The molecule has 0 bridgehead atoms. The van der Waals surface area contributed by atoms with Gasteiger partial charge in [-0.25, -0.2) is 0 Å². The van der Waals surface area contributed by atoms with E-state index in [1.54, 1.807) is 0 Å². The summed E-state index contributed by atoms with van der Waals surface area (Å²) in [4.78, 5) is 0. The zero-order valence-corrected chi connectivity index (χ0v) is 19.8. The molecular formula is C15H36Br2P2. The first kappa shape index (κ1) is 25.8. The van der Waals surface area contributed by atoms with Crippen molar-refractivity contribution < 1.29 is 0 Å². The smallest absolute Gasteiger partial charge is 0.0106 e. The fraction of sp³-hybridized carbons (Fsp3) is 1.00. The number of hydrogen-bond acceptors (Lipinski definition) is 0. The predicted molar refractivity (Wildman–Crippen MR) is 109 cm³/mol. The molecular weight excluding hydrogens is 402 g/mol. The van der Waals surface area contributed by atoms with Gasteiger partial charge in [-0.3, -0.25) is 0 Å². The maximum Gasteiger partial charge on any atom is -0.0106 e. The molecule has 4 heteroatoms. The molecule has 120 valence electrons. The van der Waals surface area contributed by atoms with Gasteiger partial charge in [-0.1, -0.05) is 85.1 Å². The monoisotopic (exact) mass is 436 g/mol. The van der Waals surface area contributed by atoms with E-state index < -0.39 is 0 Å². The molecule has 0 aromatic heterocycles. The first-order valence-corrected chi connectivity index (χ1v) is 10.1. The zero-order chi connectivity index (χ0) is 14.0. The minimum Gasteiger partial charge on any atom is -0.114 e. The maximum atomic E-state index is 2.44. The third-order valence-electron chi connectivity index (χ3n) is 3.27. The third-order valence-corrected chi connectivity index (χ3v) is 11.7. The highest BCUT2D eigenvalue weighted by Crippen LogP contribution is 2.66. The minimum atomic E-state index is 0. The van der Waals surface area contributed by atoms with E-state index in [-0.39, 0.29) is 49.8 Å². The van der Waals surface area contributed by atoms with Crippen LogP contribution in [0, 0.1) is 0 Å². The van der Waals surface area contributed by atoms with E-state index in [2.05, 4.69) is 69.2 Å². The van der Waals surface area contributed by atoms with E-state index >= 15 is 0 Å². The third kappa shape index (κ3) is 9.44. The molecule has 0 radical (unpaired) electrons. The van der Waals surface area contributed by atoms with Crippen molar-refractivity contribution in [1.82, 2.24) is 0 Å². The van der Waals surface area contributed by atoms with Crippen LogP contribution in [-0.4, -0.2) is 27.5 Å². The van der Waals surface area contributed by atoms with Crippen molar-refractivity contribution >= 4 is 49.8 Å². The van der Waals surface area contributed by atoms with E-state index in [0.29, 0.717) is 10.3 Å². The molecule has 0 nitrogen and oxygen atoms in total. The van der Waals surface area contributed by atoms with E-state index in [9.17, 15) is 0 Å². The lowest BCUT2D eigenvalue weighted by Gasteiger charge is -2.43. The molecule has 0 heterocycles. The maximum absolute atomic E-state index is 2.44. The van der Waals surface area contributed by atoms with Crippen LogP contribution in [0.5, 0.6) is 0 Å². The van der Waals surface area contributed by atoms with Gasteiger partial charge in [-0.15, -0.1) is 34.0 Å². The van der Waals surface area contributed by atoms with Crippen molar-refractivity contribution in [3.63, 3.8) is 0 Å². The van der Waals surface area contributed by atoms with Gasteiger partial charge in [-0.05, 0) is 27.5 Å². The average molecular weight is 438 g/mol. The highest BCUT2D eigenvalue weighted by Gasteiger charge is 2.34. The average Bonchev–Trinajstić information content (AvgIpc) is 1.96. The van der Waals surface area contributed by atoms with Crippen molar-refractivity contribution in [3.8, 4) is 0 Å². The molecule has 0 aliphatic carbocycles. The molecule has 0 N–H and O–H groups in total. The summed E-state index contributed by atoms with van der Waals surface area (Å²) in [5.74, 6) is 1.49. The second-order valence-corrected chi connectivity index (χ2v) is 15.4. The van der Waals surface area contributed by atoms with Crippen LogP contribution >= 0.6 is 49.8 Å². The van der Waals surface area contributed by atoms with Gasteiger partial charge in [0.2, 0.25) is 0 Å². The Morgan fingerprint density at radius 3 is 0.947 bits per heavy atom. The van der Waals surface area contributed by atoms with Crippen LogP contribution in [0.2, 0.25) is 0 Å². The second kappa shape index (κ2) is 9.76. The largest absolute Gasteiger partial charge is 0.114 e. The van der Waals surface area contributed by atoms with Gasteiger partial charge < -0.3 is 0 Å². The second-order valence-electron chi connectivity index (χ2n) is 7.61. The molecule has 0 saturated carbocycles. The van der Waals surface area contributed by atoms with Crippen molar-refractivity contribution in [1.29, 1.82) is 0 Å². The van der Waals surface area contributed by atoms with E-state index in [0.717, 1.165) is 11.3 Å². The van der Waals surface area contributed by atoms with Gasteiger partial charge in [0.1, 0.15) is 0 Å². The van der Waals surface area contributed by atoms with Crippen LogP contribution in [-0.2, 0) is 0 Å². The Morgan fingerprint density at radius 2 is 0.842 bits per heavy atom. The summed E-state index contributed by atoms with van der Waals surface area (Å²) in [5, 5.41) is 1.01. The normalized spacial score (nSPS) is 15.8. The first-order chi connectivity index (χ1) is 7.37. The first-order valence-electron chi connectivity index (χ1n) is 6.91. The Morgan fingerprint density at radius 1 is 0.632 bits per heavy atom. The Labute approximate surface area is 146 Å². The molecule has 0 saturated heterocycles. The Hall–Kier alpha value is 1.82. The van der Waals surface area contributed by atoms with Crippen LogP contribution in [0.1, 0.15) is 69.2 Å². The summed E-state index contributed by atoms with van der Waals surface area (Å²) < 4.78 is 0. The van der Waals surface area contributed by atoms with Crippen LogP contribution in [0.3, 0.4) is 0 Å². The highest BCUT2D eigenvalue weighted by atomic mass is 79.9. The molecule has 0 fully saturated rings. The van der Waals surface area contributed by atoms with Gasteiger partial charge in [0.25, 0.3) is 0 Å². The van der Waals surface area contributed by atoms with Gasteiger partial charge in [0.05, 0.1) is 0 Å². The molecule has 0 aromatic carbocycles. The summed E-state index contributed by atoms with van der Waals surface area (Å²) in [6.07, 6.45) is 0. The molecule has 0 amide bonds. The topological polar surface area (TPSA) is 0 Å². The number of halogens is 2. The molecule has 0 spiro atoms. The fourth-order valence-corrected chi connectivity index (χ4v) is 12.9. The standard InChI is InChI=1S/C15H34P2.2BrH/c1-12(2)16(14(5,6)7)11-17(13(3)4)15(8,9)10;;/h12-13H,11H2,1-10H3;2*1H. The number of rotatable bonds is 4. The van der Waals surface area contributed by atoms with Crippen LogP contribution in [0.4, 0.5) is 0 Å². The Balaban J connectivity index is -0.00000128. The minimum absolute atomic E-state index is 0. The zero-order valence-electron chi connectivity index (χ0n) is 14.6. The molecule has 0 aliphatic rings. The van der Waals surface area contributed by atoms with Crippen LogP contribution < -0.4 is 0 Å². The highest BCUT2D eigenvalue weighted by molar-refractivity contribution is 8.93. The SMILES string of the molecule is Br.Br.CC(C)P(CP(C(C)C)C(C)(C)C)C(C)(C)C. The lowest BCUT2D eigenvalue weighted by Crippen LogP contribution is -2.24. The summed E-state index contributed by atoms with van der Waals surface area (Å²) in [6.45, 7) is 24.3. The van der Waals surface area contributed by atoms with E-state index in [1.165, 1.54) is 5.90 Å². The summed E-state index contributed by atoms with van der Waals surface area (Å²) >= 11 is 0. The van der Waals surface area contributed by atoms with Gasteiger partial charge in [0, 0.05) is 0 Å². The molecule has 2 atom stereocenters. The summed E-state index contributed by atoms with van der Waals surface area (Å²) in [5.41, 5.74) is 1.71. The molecule has 2 unspecified atom stereocenters. The lowest BCUT2D eigenvalue weighted by molar-refractivity contribution is 0.760. The molecule has 0 aromatic rings. The molecule has 19 heavy (non-hydrogen) atoms. The quantitative estimate of drug-likeness (QED) is 0.400. The van der Waals surface area contributed by atoms with Crippen LogP contribution in [0.25, 0.3) is 0 Å². The summed E-state index contributed by atoms with van der Waals surface area (Å²) in [6, 6.07) is 0. The van der Waals surface area contributed by atoms with Gasteiger partial charge >= 0.3 is 0 Å². The molecule has 0 rings (SSSR count). The fourth-order valence-electron chi connectivity index (χ4n) is 2.46. The Kier molecular flexibility index (Phi) is 13.2. The lowest BCUT2D eigenvalue weighted by atomic mass is 10.3. The van der Waals surface area contributed by atoms with Gasteiger partial charge in [-0.2, -0.15) is 0 Å². The van der Waals surface area contributed by atoms with Gasteiger partial charge in [0.15, 0.2) is 0 Å². The van der Waals surface area contributed by atoms with Crippen molar-refractivity contribution in [2.45, 2.75) is 90.9 Å². The van der Waals surface area contributed by atoms with Crippen molar-refractivity contribution in [2.24, 2.45) is 0 Å². The van der Waals surface area contributed by atoms with E-state index in [4.69, 9.17) is 0 Å². The predicted octanol–water partition coefficient (Wildman–Crippen LogP) is 7.48. The van der Waals surface area contributed by atoms with E-state index in [1.807, 2.05) is 0 Å².